The van der Waals surface area contributed by atoms with Crippen LogP contribution in [0.4, 0.5) is 4.79 Å². The fourth-order valence-corrected chi connectivity index (χ4v) is 3.58. The molecule has 0 spiro atoms. The van der Waals surface area contributed by atoms with E-state index in [0.717, 1.165) is 28.9 Å². The van der Waals surface area contributed by atoms with Crippen LogP contribution in [0, 0.1) is 0 Å². The monoisotopic (exact) mass is 328 g/mol. The number of amides is 2. The Hall–Kier alpha value is -0.810. The van der Waals surface area contributed by atoms with Crippen LogP contribution < -0.4 is 5.32 Å². The standard InChI is InChI=1S/C13H17BrN2OS/c1-3-5-9-8-10(11-6-7-12(14)18-11)15-13(17)16(9)4-2/h6-8,10H,3-5H2,1-2H3,(H,15,17). The second-order valence-electron chi connectivity index (χ2n) is 4.22. The number of hydrogen-bond acceptors (Lipinski definition) is 2. The first-order valence-corrected chi connectivity index (χ1v) is 7.80. The molecule has 1 aromatic heterocycles. The van der Waals surface area contributed by atoms with E-state index in [2.05, 4.69) is 40.3 Å². The molecular formula is C13H17BrN2OS. The maximum atomic E-state index is 12.1. The molecule has 1 aromatic rings. The van der Waals surface area contributed by atoms with E-state index in [9.17, 15) is 4.79 Å². The van der Waals surface area contributed by atoms with Crippen LogP contribution >= 0.6 is 27.3 Å². The minimum atomic E-state index is 0.0120. The van der Waals surface area contributed by atoms with Gasteiger partial charge in [-0.05, 0) is 47.5 Å². The largest absolute Gasteiger partial charge is 0.326 e. The average molecular weight is 329 g/mol. The van der Waals surface area contributed by atoms with E-state index >= 15 is 0 Å². The maximum Gasteiger partial charge on any atom is 0.322 e. The van der Waals surface area contributed by atoms with Crippen molar-refractivity contribution in [3.05, 3.63) is 32.6 Å². The first-order chi connectivity index (χ1) is 8.65. The van der Waals surface area contributed by atoms with Gasteiger partial charge < -0.3 is 5.32 Å². The van der Waals surface area contributed by atoms with Gasteiger partial charge in [-0.1, -0.05) is 13.3 Å². The second kappa shape index (κ2) is 5.89. The van der Waals surface area contributed by atoms with Crippen molar-refractivity contribution in [1.29, 1.82) is 0 Å². The Morgan fingerprint density at radius 2 is 2.22 bits per heavy atom. The summed E-state index contributed by atoms with van der Waals surface area (Å²) in [6.45, 7) is 4.86. The highest BCUT2D eigenvalue weighted by Crippen LogP contribution is 2.31. The number of nitrogens with one attached hydrogen (secondary N) is 1. The van der Waals surface area contributed by atoms with Crippen molar-refractivity contribution < 1.29 is 4.79 Å². The highest BCUT2D eigenvalue weighted by atomic mass is 79.9. The number of rotatable bonds is 4. The second-order valence-corrected chi connectivity index (χ2v) is 6.72. The Kier molecular flexibility index (Phi) is 4.45. The zero-order valence-electron chi connectivity index (χ0n) is 10.6. The van der Waals surface area contributed by atoms with Gasteiger partial charge in [0.1, 0.15) is 0 Å². The molecule has 5 heteroatoms. The maximum absolute atomic E-state index is 12.1. The predicted molar refractivity (Wildman–Crippen MR) is 78.7 cm³/mol. The lowest BCUT2D eigenvalue weighted by molar-refractivity contribution is 0.204. The molecule has 18 heavy (non-hydrogen) atoms. The van der Waals surface area contributed by atoms with Gasteiger partial charge in [-0.15, -0.1) is 11.3 Å². The number of allylic oxidation sites excluding steroid dienone is 1. The Morgan fingerprint density at radius 1 is 1.44 bits per heavy atom. The van der Waals surface area contributed by atoms with Crippen molar-refractivity contribution in [2.75, 3.05) is 6.54 Å². The van der Waals surface area contributed by atoms with Crippen molar-refractivity contribution in [2.24, 2.45) is 0 Å². The van der Waals surface area contributed by atoms with Crippen LogP contribution in [0.3, 0.4) is 0 Å². The first kappa shape index (κ1) is 13.6. The Labute approximate surface area is 120 Å². The third-order valence-electron chi connectivity index (χ3n) is 2.95. The number of urea groups is 1. The molecule has 2 rings (SSSR count). The van der Waals surface area contributed by atoms with Crippen molar-refractivity contribution >= 4 is 33.3 Å². The van der Waals surface area contributed by atoms with Gasteiger partial charge in [-0.2, -0.15) is 0 Å². The van der Waals surface area contributed by atoms with E-state index in [1.54, 1.807) is 11.3 Å². The normalized spacial score (nSPS) is 19.7. The minimum absolute atomic E-state index is 0.0120. The van der Waals surface area contributed by atoms with E-state index < -0.39 is 0 Å². The van der Waals surface area contributed by atoms with E-state index in [1.807, 2.05) is 17.9 Å². The van der Waals surface area contributed by atoms with Crippen molar-refractivity contribution in [1.82, 2.24) is 10.2 Å². The van der Waals surface area contributed by atoms with Crippen molar-refractivity contribution in [3.8, 4) is 0 Å². The van der Waals surface area contributed by atoms with E-state index in [0.29, 0.717) is 0 Å². The minimum Gasteiger partial charge on any atom is -0.326 e. The molecule has 0 aromatic carbocycles. The Morgan fingerprint density at radius 3 is 2.78 bits per heavy atom. The summed E-state index contributed by atoms with van der Waals surface area (Å²) in [6.07, 6.45) is 4.17. The molecule has 0 fully saturated rings. The molecule has 98 valence electrons. The van der Waals surface area contributed by atoms with Crippen LogP contribution in [0.15, 0.2) is 27.7 Å². The lowest BCUT2D eigenvalue weighted by Gasteiger charge is -2.32. The summed E-state index contributed by atoms with van der Waals surface area (Å²) in [4.78, 5) is 15.1. The summed E-state index contributed by atoms with van der Waals surface area (Å²) in [6, 6.07) is 4.10. The molecular weight excluding hydrogens is 312 g/mol. The van der Waals surface area contributed by atoms with Gasteiger partial charge in [0.25, 0.3) is 0 Å². The van der Waals surface area contributed by atoms with Crippen LogP contribution in [0.2, 0.25) is 0 Å². The highest BCUT2D eigenvalue weighted by molar-refractivity contribution is 9.11. The lowest BCUT2D eigenvalue weighted by Crippen LogP contribution is -2.44. The number of carbonyl (C=O) groups is 1. The van der Waals surface area contributed by atoms with Gasteiger partial charge in [-0.25, -0.2) is 4.79 Å². The summed E-state index contributed by atoms with van der Waals surface area (Å²) in [7, 11) is 0. The zero-order chi connectivity index (χ0) is 13.1. The lowest BCUT2D eigenvalue weighted by atomic mass is 10.1. The Balaban J connectivity index is 2.28. The smallest absolute Gasteiger partial charge is 0.322 e. The molecule has 0 saturated heterocycles. The fraction of sp³-hybridized carbons (Fsp3) is 0.462. The number of hydrogen-bond donors (Lipinski definition) is 1. The summed E-state index contributed by atoms with van der Waals surface area (Å²) in [5, 5.41) is 3.04. The van der Waals surface area contributed by atoms with Gasteiger partial charge in [0.15, 0.2) is 0 Å². The van der Waals surface area contributed by atoms with Crippen molar-refractivity contribution in [2.45, 2.75) is 32.7 Å². The zero-order valence-corrected chi connectivity index (χ0v) is 13.0. The third kappa shape index (κ3) is 2.78. The summed E-state index contributed by atoms with van der Waals surface area (Å²) in [5.74, 6) is 0. The topological polar surface area (TPSA) is 32.3 Å². The molecule has 0 bridgehead atoms. The molecule has 1 aliphatic heterocycles. The van der Waals surface area contributed by atoms with Crippen LogP contribution in [-0.4, -0.2) is 17.5 Å². The molecule has 2 amide bonds. The van der Waals surface area contributed by atoms with E-state index in [1.165, 1.54) is 4.88 Å². The quantitative estimate of drug-likeness (QED) is 0.878. The van der Waals surface area contributed by atoms with Gasteiger partial charge in [0.05, 0.1) is 9.83 Å². The van der Waals surface area contributed by atoms with E-state index in [-0.39, 0.29) is 12.1 Å². The molecule has 1 N–H and O–H groups in total. The van der Waals surface area contributed by atoms with Crippen molar-refractivity contribution in [3.63, 3.8) is 0 Å². The van der Waals surface area contributed by atoms with Gasteiger partial charge >= 0.3 is 6.03 Å². The number of halogens is 1. The first-order valence-electron chi connectivity index (χ1n) is 6.19. The molecule has 0 aliphatic carbocycles. The van der Waals surface area contributed by atoms with E-state index in [4.69, 9.17) is 0 Å². The third-order valence-corrected chi connectivity index (χ3v) is 4.66. The number of nitrogens with zero attached hydrogens (tertiary/aromatic N) is 1. The molecule has 1 unspecified atom stereocenters. The predicted octanol–water partition coefficient (Wildman–Crippen LogP) is 4.28. The molecule has 2 heterocycles. The number of carbonyl (C=O) groups excluding carboxylic acids is 1. The molecule has 1 aliphatic rings. The SMILES string of the molecule is CCCC1=CC(c2ccc(Br)s2)NC(=O)N1CC. The molecule has 0 saturated carbocycles. The Bertz CT molecular complexity index is 469. The summed E-state index contributed by atoms with van der Waals surface area (Å²) < 4.78 is 1.09. The molecule has 1 atom stereocenters. The van der Waals surface area contributed by atoms with Crippen LogP contribution in [0.1, 0.15) is 37.6 Å². The van der Waals surface area contributed by atoms with Crippen LogP contribution in [-0.2, 0) is 0 Å². The fourth-order valence-electron chi connectivity index (χ4n) is 2.14. The number of thiophene rings is 1. The van der Waals surface area contributed by atoms with Gasteiger partial charge in [-0.3, -0.25) is 4.90 Å². The average Bonchev–Trinajstić information content (AvgIpc) is 2.76. The van der Waals surface area contributed by atoms with Crippen LogP contribution in [0.5, 0.6) is 0 Å². The van der Waals surface area contributed by atoms with Gasteiger partial charge in [0, 0.05) is 17.1 Å². The summed E-state index contributed by atoms with van der Waals surface area (Å²) >= 11 is 5.12. The molecule has 3 nitrogen and oxygen atoms in total. The summed E-state index contributed by atoms with van der Waals surface area (Å²) in [5.41, 5.74) is 1.14. The van der Waals surface area contributed by atoms with Gasteiger partial charge in [0.2, 0.25) is 0 Å². The molecule has 0 radical (unpaired) electrons. The highest BCUT2D eigenvalue weighted by Gasteiger charge is 2.26. The van der Waals surface area contributed by atoms with Crippen LogP contribution in [0.25, 0.3) is 0 Å².